The summed E-state index contributed by atoms with van der Waals surface area (Å²) in [5.74, 6) is -1.46. The number of sulfonamides is 1. The Labute approximate surface area is 127 Å². The van der Waals surface area contributed by atoms with Crippen LogP contribution in [0.3, 0.4) is 0 Å². The van der Waals surface area contributed by atoms with E-state index < -0.39 is 16.0 Å². The Morgan fingerprint density at radius 2 is 2.20 bits per heavy atom. The molecule has 0 aliphatic heterocycles. The van der Waals surface area contributed by atoms with E-state index >= 15 is 0 Å². The van der Waals surface area contributed by atoms with E-state index in [1.54, 1.807) is 6.92 Å². The minimum Gasteiger partial charge on any atom is -0.478 e. The molecule has 0 aliphatic carbocycles. The molecule has 0 saturated heterocycles. The van der Waals surface area contributed by atoms with Crippen LogP contribution >= 0.6 is 27.3 Å². The molecule has 0 atom stereocenters. The molecule has 9 heteroatoms. The number of hydrogen-bond acceptors (Lipinski definition) is 5. The monoisotopic (exact) mass is 376 g/mol. The van der Waals surface area contributed by atoms with Crippen molar-refractivity contribution < 1.29 is 18.3 Å². The number of anilines is 1. The van der Waals surface area contributed by atoms with E-state index in [2.05, 4.69) is 25.6 Å². The van der Waals surface area contributed by atoms with Gasteiger partial charge < -0.3 is 5.11 Å². The third kappa shape index (κ3) is 3.00. The van der Waals surface area contributed by atoms with Crippen LogP contribution in [0.4, 0.5) is 5.82 Å². The van der Waals surface area contributed by atoms with Crippen LogP contribution in [0.2, 0.25) is 0 Å². The van der Waals surface area contributed by atoms with E-state index in [-0.39, 0.29) is 16.3 Å². The molecule has 2 N–H and O–H groups in total. The van der Waals surface area contributed by atoms with Crippen molar-refractivity contribution in [2.45, 2.75) is 11.8 Å². The van der Waals surface area contributed by atoms with Gasteiger partial charge >= 0.3 is 5.97 Å². The van der Waals surface area contributed by atoms with Gasteiger partial charge in [0.25, 0.3) is 10.0 Å². The molecule has 0 saturated carbocycles. The second kappa shape index (κ2) is 5.51. The van der Waals surface area contributed by atoms with Crippen LogP contribution in [0.25, 0.3) is 0 Å². The molecule has 0 fully saturated rings. The van der Waals surface area contributed by atoms with E-state index in [0.717, 1.165) is 0 Å². The molecule has 6 nitrogen and oxygen atoms in total. The molecule has 0 amide bonds. The molecule has 106 valence electrons. The highest BCUT2D eigenvalue weighted by molar-refractivity contribution is 9.11. The summed E-state index contributed by atoms with van der Waals surface area (Å²) in [5.41, 5.74) is -0.206. The number of nitrogens with one attached hydrogen (secondary N) is 1. The number of carboxylic acids is 1. The smallest absolute Gasteiger partial charge is 0.339 e. The summed E-state index contributed by atoms with van der Waals surface area (Å²) in [5, 5.41) is 9.01. The minimum atomic E-state index is -3.87. The number of aryl methyl sites for hydroxylation is 1. The Hall–Kier alpha value is -1.45. The standard InChI is InChI=1S/C11H9BrN2O4S2/c1-6-8(5-9(12)19-6)20(17,18)14-10-7(11(15)16)3-2-4-13-10/h2-5H,1H3,(H,13,14)(H,15,16). The molecule has 0 spiro atoms. The highest BCUT2D eigenvalue weighted by Gasteiger charge is 2.22. The fourth-order valence-electron chi connectivity index (χ4n) is 1.54. The van der Waals surface area contributed by atoms with Crippen molar-refractivity contribution in [2.75, 3.05) is 4.72 Å². The van der Waals surface area contributed by atoms with Crippen molar-refractivity contribution >= 4 is 49.1 Å². The van der Waals surface area contributed by atoms with Gasteiger partial charge in [0.1, 0.15) is 10.5 Å². The Morgan fingerprint density at radius 1 is 1.50 bits per heavy atom. The van der Waals surface area contributed by atoms with Gasteiger partial charge in [0.05, 0.1) is 3.79 Å². The lowest BCUT2D eigenvalue weighted by Crippen LogP contribution is -2.16. The molecule has 0 unspecified atom stereocenters. The zero-order valence-electron chi connectivity index (χ0n) is 10.1. The molecule has 2 heterocycles. The first kappa shape index (κ1) is 14.9. The summed E-state index contributed by atoms with van der Waals surface area (Å²) in [6.45, 7) is 1.67. The van der Waals surface area contributed by atoms with Crippen molar-refractivity contribution in [3.05, 3.63) is 38.6 Å². The number of halogens is 1. The highest BCUT2D eigenvalue weighted by atomic mass is 79.9. The number of nitrogens with zero attached hydrogens (tertiary/aromatic N) is 1. The number of carbonyl (C=O) groups is 1. The fourth-order valence-corrected chi connectivity index (χ4v) is 4.98. The van der Waals surface area contributed by atoms with Gasteiger partial charge in [-0.05, 0) is 41.1 Å². The maximum atomic E-state index is 12.3. The fraction of sp³-hybridized carbons (Fsp3) is 0.0909. The lowest BCUT2D eigenvalue weighted by atomic mass is 10.3. The van der Waals surface area contributed by atoms with Crippen molar-refractivity contribution in [3.63, 3.8) is 0 Å². The molecule has 20 heavy (non-hydrogen) atoms. The van der Waals surface area contributed by atoms with E-state index in [0.29, 0.717) is 8.66 Å². The maximum absolute atomic E-state index is 12.3. The quantitative estimate of drug-likeness (QED) is 0.854. The summed E-state index contributed by atoms with van der Waals surface area (Å²) in [7, 11) is -3.87. The first-order chi connectivity index (χ1) is 9.31. The second-order valence-electron chi connectivity index (χ2n) is 3.78. The van der Waals surface area contributed by atoms with E-state index in [1.807, 2.05) is 0 Å². The van der Waals surface area contributed by atoms with Gasteiger partial charge in [0.2, 0.25) is 0 Å². The average molecular weight is 377 g/mol. The van der Waals surface area contributed by atoms with Gasteiger partial charge in [-0.1, -0.05) is 0 Å². The third-order valence-electron chi connectivity index (χ3n) is 2.40. The van der Waals surface area contributed by atoms with Crippen LogP contribution in [-0.4, -0.2) is 24.5 Å². The lowest BCUT2D eigenvalue weighted by molar-refractivity contribution is 0.0697. The van der Waals surface area contributed by atoms with Crippen LogP contribution in [-0.2, 0) is 10.0 Å². The molecule has 0 radical (unpaired) electrons. The Bertz CT molecular complexity index is 770. The molecule has 0 aromatic carbocycles. The van der Waals surface area contributed by atoms with Crippen LogP contribution in [0, 0.1) is 6.92 Å². The third-order valence-corrected chi connectivity index (χ3v) is 5.55. The summed E-state index contributed by atoms with van der Waals surface area (Å²) in [6.07, 6.45) is 1.32. The van der Waals surface area contributed by atoms with E-state index in [9.17, 15) is 13.2 Å². The van der Waals surface area contributed by atoms with Crippen molar-refractivity contribution in [1.82, 2.24) is 4.98 Å². The predicted molar refractivity (Wildman–Crippen MR) is 78.8 cm³/mol. The van der Waals surface area contributed by atoms with Gasteiger partial charge in [-0.2, -0.15) is 0 Å². The van der Waals surface area contributed by atoms with Crippen LogP contribution in [0.5, 0.6) is 0 Å². The predicted octanol–water partition coefficient (Wildman–Crippen LogP) is 2.71. The Kier molecular flexibility index (Phi) is 4.11. The first-order valence-corrected chi connectivity index (χ1v) is 8.37. The van der Waals surface area contributed by atoms with Crippen molar-refractivity contribution in [2.24, 2.45) is 0 Å². The molecular formula is C11H9BrN2O4S2. The molecular weight excluding hydrogens is 368 g/mol. The number of rotatable bonds is 4. The zero-order valence-corrected chi connectivity index (χ0v) is 13.3. The van der Waals surface area contributed by atoms with Gasteiger partial charge in [-0.3, -0.25) is 4.72 Å². The molecule has 2 aromatic rings. The Balaban J connectivity index is 2.44. The van der Waals surface area contributed by atoms with Crippen LogP contribution in [0.1, 0.15) is 15.2 Å². The maximum Gasteiger partial charge on any atom is 0.339 e. The number of thiophene rings is 1. The molecule has 0 bridgehead atoms. The summed E-state index contributed by atoms with van der Waals surface area (Å²) >= 11 is 4.49. The summed E-state index contributed by atoms with van der Waals surface area (Å²) in [6, 6.07) is 4.17. The SMILES string of the molecule is Cc1sc(Br)cc1S(=O)(=O)Nc1ncccc1C(=O)O. The topological polar surface area (TPSA) is 96.4 Å². The summed E-state index contributed by atoms with van der Waals surface area (Å²) < 4.78 is 27.4. The number of pyridine rings is 1. The van der Waals surface area contributed by atoms with Crippen LogP contribution < -0.4 is 4.72 Å². The molecule has 2 aromatic heterocycles. The van der Waals surface area contributed by atoms with Crippen molar-refractivity contribution in [1.29, 1.82) is 0 Å². The lowest BCUT2D eigenvalue weighted by Gasteiger charge is -2.08. The average Bonchev–Trinajstić information content (AvgIpc) is 2.69. The highest BCUT2D eigenvalue weighted by Crippen LogP contribution is 2.30. The number of aromatic nitrogens is 1. The zero-order chi connectivity index (χ0) is 14.9. The minimum absolute atomic E-state index is 0.0939. The van der Waals surface area contributed by atoms with Crippen molar-refractivity contribution in [3.8, 4) is 0 Å². The molecule has 0 aliphatic rings. The summed E-state index contributed by atoms with van der Waals surface area (Å²) in [4.78, 5) is 15.5. The number of aromatic carboxylic acids is 1. The van der Waals surface area contributed by atoms with Gasteiger partial charge in [0, 0.05) is 11.1 Å². The first-order valence-electron chi connectivity index (χ1n) is 5.28. The normalized spacial score (nSPS) is 11.3. The molecule has 2 rings (SSSR count). The second-order valence-corrected chi connectivity index (χ2v) is 8.07. The van der Waals surface area contributed by atoms with E-state index in [4.69, 9.17) is 5.11 Å². The van der Waals surface area contributed by atoms with Gasteiger partial charge in [-0.15, -0.1) is 11.3 Å². The largest absolute Gasteiger partial charge is 0.478 e. The van der Waals surface area contributed by atoms with Crippen LogP contribution in [0.15, 0.2) is 33.1 Å². The van der Waals surface area contributed by atoms with Gasteiger partial charge in [-0.25, -0.2) is 18.2 Å². The number of hydrogen-bond donors (Lipinski definition) is 2. The number of carboxylic acid groups (broad SMARTS) is 1. The Morgan fingerprint density at radius 3 is 2.75 bits per heavy atom. The van der Waals surface area contributed by atoms with Gasteiger partial charge in [0.15, 0.2) is 5.82 Å². The van der Waals surface area contributed by atoms with E-state index in [1.165, 1.54) is 35.7 Å².